The van der Waals surface area contributed by atoms with Gasteiger partial charge in [0.1, 0.15) is 52.5 Å². The van der Waals surface area contributed by atoms with Crippen molar-refractivity contribution >= 4 is 52.4 Å². The summed E-state index contributed by atoms with van der Waals surface area (Å²) in [5.41, 5.74) is 14.9. The van der Waals surface area contributed by atoms with E-state index in [0.29, 0.717) is 58.6 Å². The topological polar surface area (TPSA) is 213 Å². The average Bonchev–Trinajstić information content (AvgIpc) is 3.56. The molecule has 15 heteroatoms. The summed E-state index contributed by atoms with van der Waals surface area (Å²) in [4.78, 5) is 32.4. The standard InChI is InChI=1S/C33H33ClN8O4S2/c34-22-8-4-21(5-9-22)32-41-23(18-47-32)19-48-33-26(16-37)29(25(15-36)30(38)42-33)20-6-10-24(11-7-20)46-14-13-39-27(3-1-2-12-35)31(45)40-17-28(43)44/h4-11,18,27,39H,1-3,12-14,17,19,35H2,(H2,38,42)(H,40,45)(H,43,44)/t27-/m0/s1. The first-order valence-corrected chi connectivity index (χ1v) is 17.1. The fourth-order valence-electron chi connectivity index (χ4n) is 4.66. The lowest BCUT2D eigenvalue weighted by Gasteiger charge is -2.18. The lowest BCUT2D eigenvalue weighted by Crippen LogP contribution is -2.46. The number of thioether (sulfide) groups is 1. The van der Waals surface area contributed by atoms with E-state index < -0.39 is 24.5 Å². The maximum absolute atomic E-state index is 12.4. The van der Waals surface area contributed by atoms with Crippen LogP contribution in [0.2, 0.25) is 5.02 Å². The van der Waals surface area contributed by atoms with Gasteiger partial charge in [-0.15, -0.1) is 11.3 Å². The lowest BCUT2D eigenvalue weighted by molar-refractivity contribution is -0.138. The third-order valence-corrected chi connectivity index (χ3v) is 9.20. The molecule has 0 aliphatic carbocycles. The van der Waals surface area contributed by atoms with Crippen LogP contribution in [0, 0.1) is 22.7 Å². The maximum atomic E-state index is 12.4. The van der Waals surface area contributed by atoms with Crippen molar-refractivity contribution in [2.75, 3.05) is 32.0 Å². The number of nitrogen functional groups attached to an aromatic ring is 1. The average molecular weight is 705 g/mol. The highest BCUT2D eigenvalue weighted by atomic mass is 35.5. The predicted molar refractivity (Wildman–Crippen MR) is 186 cm³/mol. The monoisotopic (exact) mass is 704 g/mol. The molecule has 12 nitrogen and oxygen atoms in total. The molecule has 4 rings (SSSR count). The van der Waals surface area contributed by atoms with E-state index in [1.54, 1.807) is 24.3 Å². The van der Waals surface area contributed by atoms with Crippen molar-refractivity contribution in [1.29, 1.82) is 10.5 Å². The van der Waals surface area contributed by atoms with Gasteiger partial charge in [0.2, 0.25) is 5.91 Å². The molecule has 0 saturated heterocycles. The first-order chi connectivity index (χ1) is 23.2. The van der Waals surface area contributed by atoms with Gasteiger partial charge in [-0.1, -0.05) is 54.0 Å². The maximum Gasteiger partial charge on any atom is 0.322 e. The Kier molecular flexibility index (Phi) is 13.6. The normalized spacial score (nSPS) is 11.3. The van der Waals surface area contributed by atoms with E-state index >= 15 is 0 Å². The molecule has 4 aromatic rings. The van der Waals surface area contributed by atoms with E-state index in [1.165, 1.54) is 23.1 Å². The van der Waals surface area contributed by atoms with Crippen LogP contribution >= 0.6 is 34.7 Å². The Balaban J connectivity index is 1.43. The van der Waals surface area contributed by atoms with Gasteiger partial charge in [-0.2, -0.15) is 10.5 Å². The van der Waals surface area contributed by atoms with E-state index in [-0.39, 0.29) is 23.6 Å². The number of thiazole rings is 1. The Bertz CT molecular complexity index is 1800. The Morgan fingerprint density at radius 1 is 1.04 bits per heavy atom. The molecule has 0 unspecified atom stereocenters. The number of nitrogens with zero attached hydrogens (tertiary/aromatic N) is 4. The summed E-state index contributed by atoms with van der Waals surface area (Å²) in [6, 6.07) is 18.1. The number of aliphatic carboxylic acids is 1. The van der Waals surface area contributed by atoms with Crippen molar-refractivity contribution in [3.63, 3.8) is 0 Å². The van der Waals surface area contributed by atoms with Crippen LogP contribution in [0.15, 0.2) is 58.9 Å². The second-order valence-electron chi connectivity index (χ2n) is 10.4. The first-order valence-electron chi connectivity index (χ1n) is 14.9. The van der Waals surface area contributed by atoms with Gasteiger partial charge in [-0.05, 0) is 49.2 Å². The van der Waals surface area contributed by atoms with Crippen LogP contribution in [0.1, 0.15) is 36.1 Å². The van der Waals surface area contributed by atoms with Gasteiger partial charge in [0.25, 0.3) is 0 Å². The Hall–Kier alpha value is -4.70. The van der Waals surface area contributed by atoms with Gasteiger partial charge < -0.3 is 31.9 Å². The molecule has 248 valence electrons. The number of nitrogens with two attached hydrogens (primary N) is 2. The number of anilines is 1. The zero-order chi connectivity index (χ0) is 34.5. The second kappa shape index (κ2) is 18.0. The number of ether oxygens (including phenoxy) is 1. The fraction of sp³-hybridized carbons (Fsp3) is 0.273. The van der Waals surface area contributed by atoms with E-state index in [1.807, 2.05) is 29.6 Å². The molecule has 0 fully saturated rings. The van der Waals surface area contributed by atoms with Crippen molar-refractivity contribution in [3.8, 4) is 39.6 Å². The summed E-state index contributed by atoms with van der Waals surface area (Å²) in [7, 11) is 0. The highest BCUT2D eigenvalue weighted by Gasteiger charge is 2.22. The number of carbonyl (C=O) groups excluding carboxylic acids is 1. The highest BCUT2D eigenvalue weighted by Crippen LogP contribution is 2.37. The Morgan fingerprint density at radius 3 is 2.42 bits per heavy atom. The molecule has 0 aliphatic rings. The van der Waals surface area contributed by atoms with E-state index in [9.17, 15) is 20.1 Å². The molecule has 0 spiro atoms. The molecule has 0 bridgehead atoms. The number of aromatic nitrogens is 2. The van der Waals surface area contributed by atoms with Crippen molar-refractivity contribution < 1.29 is 19.4 Å². The summed E-state index contributed by atoms with van der Waals surface area (Å²) in [5.74, 6) is -0.530. The number of nitrogens with one attached hydrogen (secondary N) is 2. The number of carboxylic acid groups (broad SMARTS) is 1. The van der Waals surface area contributed by atoms with Crippen LogP contribution in [0.5, 0.6) is 5.75 Å². The largest absolute Gasteiger partial charge is 0.492 e. The number of unbranched alkanes of at least 4 members (excludes halogenated alkanes) is 1. The van der Waals surface area contributed by atoms with Crippen LogP contribution < -0.4 is 26.8 Å². The molecule has 1 amide bonds. The van der Waals surface area contributed by atoms with Crippen molar-refractivity contribution in [2.24, 2.45) is 5.73 Å². The number of benzene rings is 2. The molecular formula is C33H33ClN8O4S2. The number of carbonyl (C=O) groups is 2. The van der Waals surface area contributed by atoms with Gasteiger partial charge in [0.05, 0.1) is 17.3 Å². The van der Waals surface area contributed by atoms with Gasteiger partial charge in [-0.3, -0.25) is 9.59 Å². The lowest BCUT2D eigenvalue weighted by atomic mass is 9.97. The number of amides is 1. The quantitative estimate of drug-likeness (QED) is 0.0740. The molecular weight excluding hydrogens is 672 g/mol. The van der Waals surface area contributed by atoms with Crippen LogP contribution in [0.25, 0.3) is 21.7 Å². The molecule has 2 aromatic heterocycles. The summed E-state index contributed by atoms with van der Waals surface area (Å²) >= 11 is 8.82. The molecule has 0 saturated carbocycles. The summed E-state index contributed by atoms with van der Waals surface area (Å²) in [6.45, 7) is 0.595. The molecule has 0 aliphatic heterocycles. The minimum absolute atomic E-state index is 0.0222. The minimum Gasteiger partial charge on any atom is -0.492 e. The van der Waals surface area contributed by atoms with Gasteiger partial charge in [0.15, 0.2) is 0 Å². The Morgan fingerprint density at radius 2 is 1.75 bits per heavy atom. The molecule has 7 N–H and O–H groups in total. The number of halogens is 1. The van der Waals surface area contributed by atoms with E-state index in [4.69, 9.17) is 37.9 Å². The van der Waals surface area contributed by atoms with Crippen LogP contribution in [0.3, 0.4) is 0 Å². The molecule has 48 heavy (non-hydrogen) atoms. The van der Waals surface area contributed by atoms with Crippen LogP contribution in [0.4, 0.5) is 5.82 Å². The van der Waals surface area contributed by atoms with Crippen LogP contribution in [-0.4, -0.2) is 59.2 Å². The zero-order valence-electron chi connectivity index (χ0n) is 25.7. The van der Waals surface area contributed by atoms with Crippen LogP contribution in [-0.2, 0) is 15.3 Å². The van der Waals surface area contributed by atoms with Gasteiger partial charge in [0, 0.05) is 33.8 Å². The van der Waals surface area contributed by atoms with Gasteiger partial charge in [-0.25, -0.2) is 9.97 Å². The number of rotatable bonds is 17. The van der Waals surface area contributed by atoms with Crippen molar-refractivity contribution in [2.45, 2.75) is 36.1 Å². The summed E-state index contributed by atoms with van der Waals surface area (Å²) < 4.78 is 5.85. The second-order valence-corrected chi connectivity index (χ2v) is 12.6. The summed E-state index contributed by atoms with van der Waals surface area (Å²) in [6.07, 6.45) is 1.96. The third-order valence-electron chi connectivity index (χ3n) is 7.00. The highest BCUT2D eigenvalue weighted by molar-refractivity contribution is 7.98. The number of pyridine rings is 1. The van der Waals surface area contributed by atoms with Crippen molar-refractivity contribution in [1.82, 2.24) is 20.6 Å². The number of carboxylic acids is 1. The van der Waals surface area contributed by atoms with E-state index in [2.05, 4.69) is 27.8 Å². The first kappa shape index (κ1) is 36.1. The third kappa shape index (κ3) is 9.90. The smallest absolute Gasteiger partial charge is 0.322 e. The number of hydrogen-bond donors (Lipinski definition) is 5. The number of nitriles is 2. The minimum atomic E-state index is -1.12. The van der Waals surface area contributed by atoms with Crippen molar-refractivity contribution in [3.05, 3.63) is 75.8 Å². The molecule has 0 radical (unpaired) electrons. The Labute approximate surface area is 291 Å². The molecule has 2 aromatic carbocycles. The molecule has 2 heterocycles. The number of hydrogen-bond acceptors (Lipinski definition) is 12. The van der Waals surface area contributed by atoms with E-state index in [0.717, 1.165) is 22.7 Å². The fourth-order valence-corrected chi connectivity index (χ4v) is 6.60. The summed E-state index contributed by atoms with van der Waals surface area (Å²) in [5, 5.41) is 38.3. The predicted octanol–water partition coefficient (Wildman–Crippen LogP) is 4.81. The molecule has 1 atom stereocenters. The van der Waals surface area contributed by atoms with Gasteiger partial charge >= 0.3 is 5.97 Å². The zero-order valence-corrected chi connectivity index (χ0v) is 28.1. The SMILES string of the molecule is N#Cc1c(N)nc(SCc2csc(-c3ccc(Cl)cc3)n2)c(C#N)c1-c1ccc(OCCN[C@@H](CCCCN)C(=O)NCC(=O)O)cc1.